The molecule has 0 fully saturated rings. The van der Waals surface area contributed by atoms with Crippen LogP contribution in [0.5, 0.6) is 0 Å². The van der Waals surface area contributed by atoms with E-state index in [-0.39, 0.29) is 38.6 Å². The summed E-state index contributed by atoms with van der Waals surface area (Å²) in [5.74, 6) is -0.829. The quantitative estimate of drug-likeness (QED) is 0.0285. The molecule has 0 rings (SSSR count). The third kappa shape index (κ3) is 34.4. The number of ether oxygens (including phenoxy) is 2. The summed E-state index contributed by atoms with van der Waals surface area (Å²) < 4.78 is 32.6. The van der Waals surface area contributed by atoms with Crippen LogP contribution in [-0.2, 0) is 32.7 Å². The predicted octanol–water partition coefficient (Wildman–Crippen LogP) is 10.3. The molecule has 47 heavy (non-hydrogen) atoms. The fourth-order valence-electron chi connectivity index (χ4n) is 5.28. The second-order valence-electron chi connectivity index (χ2n) is 12.8. The molecule has 0 aliphatic rings. The standard InChI is InChI=1S/C37H72NO8P/c1-3-5-7-9-11-13-14-15-16-17-18-19-20-22-23-25-27-29-36(39)43-33-35(34-45-47(41,42)44-32-31-38)46-37(40)30-28-26-24-21-12-10-8-6-4-2/h13-14,35H,3-12,15-34,38H2,1-2H3,(H,41,42)/b14-13+/t35-/m0/s1. The molecule has 0 saturated heterocycles. The molecule has 0 saturated carbocycles. The molecule has 0 aliphatic heterocycles. The highest BCUT2D eigenvalue weighted by atomic mass is 31.2. The normalized spacial score (nSPS) is 13.5. The van der Waals surface area contributed by atoms with Crippen molar-refractivity contribution in [2.45, 2.75) is 187 Å². The van der Waals surface area contributed by atoms with Crippen molar-refractivity contribution in [1.29, 1.82) is 0 Å². The Morgan fingerprint density at radius 1 is 0.617 bits per heavy atom. The molecule has 0 bridgehead atoms. The van der Waals surface area contributed by atoms with Gasteiger partial charge in [-0.3, -0.25) is 18.6 Å². The maximum Gasteiger partial charge on any atom is 0.472 e. The van der Waals surface area contributed by atoms with E-state index < -0.39 is 26.5 Å². The first-order valence-electron chi connectivity index (χ1n) is 19.2. The van der Waals surface area contributed by atoms with Crippen molar-refractivity contribution in [1.82, 2.24) is 0 Å². The van der Waals surface area contributed by atoms with Crippen molar-refractivity contribution >= 4 is 19.8 Å². The highest BCUT2D eigenvalue weighted by molar-refractivity contribution is 7.47. The lowest BCUT2D eigenvalue weighted by molar-refractivity contribution is -0.161. The molecule has 278 valence electrons. The van der Waals surface area contributed by atoms with Crippen molar-refractivity contribution in [3.63, 3.8) is 0 Å². The molecule has 0 aromatic rings. The maximum absolute atomic E-state index is 12.4. The Labute approximate surface area is 288 Å². The Hall–Kier alpha value is -1.25. The predicted molar refractivity (Wildman–Crippen MR) is 192 cm³/mol. The van der Waals surface area contributed by atoms with Gasteiger partial charge in [0.15, 0.2) is 6.10 Å². The van der Waals surface area contributed by atoms with Crippen LogP contribution in [0, 0.1) is 0 Å². The third-order valence-electron chi connectivity index (χ3n) is 8.15. The fraction of sp³-hybridized carbons (Fsp3) is 0.892. The van der Waals surface area contributed by atoms with E-state index >= 15 is 0 Å². The van der Waals surface area contributed by atoms with Crippen LogP contribution in [0.25, 0.3) is 0 Å². The van der Waals surface area contributed by atoms with Crippen LogP contribution < -0.4 is 5.73 Å². The zero-order valence-corrected chi connectivity index (χ0v) is 31.2. The van der Waals surface area contributed by atoms with Crippen molar-refractivity contribution in [2.24, 2.45) is 5.73 Å². The zero-order valence-electron chi connectivity index (χ0n) is 30.3. The Bertz CT molecular complexity index is 794. The van der Waals surface area contributed by atoms with E-state index in [2.05, 4.69) is 26.0 Å². The molecule has 2 atom stereocenters. The minimum absolute atomic E-state index is 0.0556. The first-order valence-corrected chi connectivity index (χ1v) is 20.7. The van der Waals surface area contributed by atoms with Crippen LogP contribution in [0.4, 0.5) is 0 Å². The molecule has 3 N–H and O–H groups in total. The zero-order chi connectivity index (χ0) is 34.7. The SMILES string of the molecule is CCCCCC/C=C/CCCCCCCCCCCC(=O)OC[C@@H](COP(=O)(O)OCCN)OC(=O)CCCCCCCCCCC. The number of unbranched alkanes of at least 4 members (excludes halogenated alkanes) is 21. The molecule has 0 amide bonds. The molecule has 0 spiro atoms. The summed E-state index contributed by atoms with van der Waals surface area (Å²) in [6.45, 7) is 3.69. The average Bonchev–Trinajstić information content (AvgIpc) is 3.05. The molecule has 0 aromatic carbocycles. The lowest BCUT2D eigenvalue weighted by atomic mass is 10.1. The van der Waals surface area contributed by atoms with Gasteiger partial charge in [-0.2, -0.15) is 0 Å². The molecule has 0 heterocycles. The molecule has 1 unspecified atom stereocenters. The van der Waals surface area contributed by atoms with Gasteiger partial charge in [0.1, 0.15) is 6.61 Å². The number of phosphoric ester groups is 1. The molecular formula is C37H72NO8P. The second kappa shape index (κ2) is 34.6. The summed E-state index contributed by atoms with van der Waals surface area (Å²) in [5.41, 5.74) is 5.32. The summed E-state index contributed by atoms with van der Waals surface area (Å²) in [6.07, 6.45) is 32.5. The first-order chi connectivity index (χ1) is 22.8. The number of phosphoric acid groups is 1. The Balaban J connectivity index is 4.13. The van der Waals surface area contributed by atoms with Gasteiger partial charge in [-0.05, 0) is 38.5 Å². The Morgan fingerprint density at radius 2 is 1.04 bits per heavy atom. The van der Waals surface area contributed by atoms with Gasteiger partial charge in [0, 0.05) is 19.4 Å². The van der Waals surface area contributed by atoms with Crippen molar-refractivity contribution in [3.8, 4) is 0 Å². The molecule has 0 aromatic heterocycles. The Kier molecular flexibility index (Phi) is 33.7. The lowest BCUT2D eigenvalue weighted by Gasteiger charge is -2.19. The minimum atomic E-state index is -4.36. The van der Waals surface area contributed by atoms with E-state index in [1.807, 2.05) is 0 Å². The fourth-order valence-corrected chi connectivity index (χ4v) is 6.04. The van der Waals surface area contributed by atoms with Crippen molar-refractivity contribution in [2.75, 3.05) is 26.4 Å². The minimum Gasteiger partial charge on any atom is -0.462 e. The van der Waals surface area contributed by atoms with Gasteiger partial charge in [0.2, 0.25) is 0 Å². The van der Waals surface area contributed by atoms with E-state index in [1.54, 1.807) is 0 Å². The van der Waals surface area contributed by atoms with Crippen LogP contribution in [0.2, 0.25) is 0 Å². The topological polar surface area (TPSA) is 134 Å². The van der Waals surface area contributed by atoms with Crippen LogP contribution >= 0.6 is 7.82 Å². The number of carbonyl (C=O) groups excluding carboxylic acids is 2. The average molecular weight is 690 g/mol. The highest BCUT2D eigenvalue weighted by Gasteiger charge is 2.25. The number of hydrogen-bond donors (Lipinski definition) is 2. The van der Waals surface area contributed by atoms with E-state index in [4.69, 9.17) is 24.3 Å². The second-order valence-corrected chi connectivity index (χ2v) is 14.3. The first kappa shape index (κ1) is 45.8. The van der Waals surface area contributed by atoms with Gasteiger partial charge >= 0.3 is 19.8 Å². The van der Waals surface area contributed by atoms with Crippen molar-refractivity contribution in [3.05, 3.63) is 12.2 Å². The van der Waals surface area contributed by atoms with Gasteiger partial charge in [0.25, 0.3) is 0 Å². The van der Waals surface area contributed by atoms with E-state index in [1.165, 1.54) is 109 Å². The van der Waals surface area contributed by atoms with Crippen LogP contribution in [0.1, 0.15) is 181 Å². The van der Waals surface area contributed by atoms with E-state index in [0.717, 1.165) is 38.5 Å². The van der Waals surface area contributed by atoms with E-state index in [0.29, 0.717) is 6.42 Å². The number of esters is 2. The smallest absolute Gasteiger partial charge is 0.462 e. The molecule has 0 radical (unpaired) electrons. The summed E-state index contributed by atoms with van der Waals surface area (Å²) >= 11 is 0. The Morgan fingerprint density at radius 3 is 1.53 bits per heavy atom. The van der Waals surface area contributed by atoms with Crippen LogP contribution in [0.3, 0.4) is 0 Å². The largest absolute Gasteiger partial charge is 0.472 e. The number of rotatable bonds is 36. The van der Waals surface area contributed by atoms with Gasteiger partial charge in [-0.25, -0.2) is 4.57 Å². The number of carbonyl (C=O) groups is 2. The molecule has 0 aliphatic carbocycles. The summed E-state index contributed by atoms with van der Waals surface area (Å²) in [6, 6.07) is 0. The van der Waals surface area contributed by atoms with Crippen molar-refractivity contribution < 1.29 is 37.6 Å². The number of hydrogen-bond acceptors (Lipinski definition) is 8. The van der Waals surface area contributed by atoms with Gasteiger partial charge in [-0.1, -0.05) is 142 Å². The maximum atomic E-state index is 12.4. The summed E-state index contributed by atoms with van der Waals surface area (Å²) in [5, 5.41) is 0. The van der Waals surface area contributed by atoms with Crippen LogP contribution in [-0.4, -0.2) is 49.3 Å². The molecular weight excluding hydrogens is 617 g/mol. The van der Waals surface area contributed by atoms with Crippen LogP contribution in [0.15, 0.2) is 12.2 Å². The summed E-state index contributed by atoms with van der Waals surface area (Å²) in [4.78, 5) is 34.6. The van der Waals surface area contributed by atoms with Gasteiger partial charge in [-0.15, -0.1) is 0 Å². The monoisotopic (exact) mass is 689 g/mol. The molecule has 9 nitrogen and oxygen atoms in total. The number of allylic oxidation sites excluding steroid dienone is 2. The summed E-state index contributed by atoms with van der Waals surface area (Å²) in [7, 11) is -4.36. The number of nitrogens with two attached hydrogens (primary N) is 1. The third-order valence-corrected chi connectivity index (χ3v) is 9.14. The van der Waals surface area contributed by atoms with Gasteiger partial charge < -0.3 is 20.1 Å². The molecule has 10 heteroatoms. The lowest BCUT2D eigenvalue weighted by Crippen LogP contribution is -2.29. The highest BCUT2D eigenvalue weighted by Crippen LogP contribution is 2.43. The van der Waals surface area contributed by atoms with Gasteiger partial charge in [0.05, 0.1) is 13.2 Å². The van der Waals surface area contributed by atoms with E-state index in [9.17, 15) is 19.0 Å².